The van der Waals surface area contributed by atoms with Crippen LogP contribution in [0.4, 0.5) is 0 Å². The van der Waals surface area contributed by atoms with Crippen molar-refractivity contribution in [1.29, 1.82) is 0 Å². The SMILES string of the molecule is CC(C)C1CN(C2CCNC2)CCN1C. The predicted octanol–water partition coefficient (Wildman–Crippen LogP) is 0.620. The summed E-state index contributed by atoms with van der Waals surface area (Å²) in [5.74, 6) is 0.771. The third-order valence-corrected chi connectivity index (χ3v) is 4.05. The molecule has 3 heteroatoms. The van der Waals surface area contributed by atoms with Gasteiger partial charge in [0.1, 0.15) is 0 Å². The zero-order valence-corrected chi connectivity index (χ0v) is 10.4. The summed E-state index contributed by atoms with van der Waals surface area (Å²) in [5.41, 5.74) is 0. The van der Waals surface area contributed by atoms with Crippen LogP contribution in [0.1, 0.15) is 20.3 Å². The highest BCUT2D eigenvalue weighted by Gasteiger charge is 2.31. The fourth-order valence-corrected chi connectivity index (χ4v) is 2.93. The molecule has 3 nitrogen and oxygen atoms in total. The van der Waals surface area contributed by atoms with Gasteiger partial charge in [0.05, 0.1) is 0 Å². The Morgan fingerprint density at radius 2 is 2.07 bits per heavy atom. The maximum Gasteiger partial charge on any atom is 0.0243 e. The molecular weight excluding hydrogens is 186 g/mol. The first kappa shape index (κ1) is 11.4. The lowest BCUT2D eigenvalue weighted by molar-refractivity contribution is 0.0484. The van der Waals surface area contributed by atoms with E-state index in [1.807, 2.05) is 0 Å². The van der Waals surface area contributed by atoms with Gasteiger partial charge in [-0.2, -0.15) is 0 Å². The lowest BCUT2D eigenvalue weighted by atomic mass is 9.99. The van der Waals surface area contributed by atoms with Crippen LogP contribution in [0, 0.1) is 5.92 Å². The lowest BCUT2D eigenvalue weighted by Crippen LogP contribution is -2.56. The first-order valence-corrected chi connectivity index (χ1v) is 6.33. The fourth-order valence-electron chi connectivity index (χ4n) is 2.93. The van der Waals surface area contributed by atoms with Crippen molar-refractivity contribution >= 4 is 0 Å². The zero-order valence-electron chi connectivity index (χ0n) is 10.4. The third-order valence-electron chi connectivity index (χ3n) is 4.05. The van der Waals surface area contributed by atoms with Crippen LogP contribution in [0.3, 0.4) is 0 Å². The van der Waals surface area contributed by atoms with Crippen LogP contribution in [0.15, 0.2) is 0 Å². The highest BCUT2D eigenvalue weighted by Crippen LogP contribution is 2.19. The maximum atomic E-state index is 3.47. The van der Waals surface area contributed by atoms with Crippen LogP contribution in [-0.4, -0.2) is 61.7 Å². The van der Waals surface area contributed by atoms with Crippen LogP contribution >= 0.6 is 0 Å². The molecule has 2 unspecified atom stereocenters. The van der Waals surface area contributed by atoms with Gasteiger partial charge in [0.2, 0.25) is 0 Å². The van der Waals surface area contributed by atoms with E-state index in [1.165, 1.54) is 39.1 Å². The molecule has 0 saturated carbocycles. The van der Waals surface area contributed by atoms with Crippen molar-refractivity contribution in [1.82, 2.24) is 15.1 Å². The molecule has 2 saturated heterocycles. The third kappa shape index (κ3) is 2.52. The maximum absolute atomic E-state index is 3.47. The number of likely N-dealkylation sites (N-methyl/N-ethyl adjacent to an activating group) is 1. The van der Waals surface area contributed by atoms with E-state index in [4.69, 9.17) is 0 Å². The molecule has 0 aromatic heterocycles. The molecule has 2 aliphatic heterocycles. The van der Waals surface area contributed by atoms with Gasteiger partial charge in [-0.3, -0.25) is 4.90 Å². The van der Waals surface area contributed by atoms with Crippen LogP contribution in [0.2, 0.25) is 0 Å². The summed E-state index contributed by atoms with van der Waals surface area (Å²) in [6.07, 6.45) is 1.34. The van der Waals surface area contributed by atoms with E-state index >= 15 is 0 Å². The largest absolute Gasteiger partial charge is 0.315 e. The average Bonchev–Trinajstić information content (AvgIpc) is 2.71. The van der Waals surface area contributed by atoms with E-state index < -0.39 is 0 Å². The molecule has 1 N–H and O–H groups in total. The summed E-state index contributed by atoms with van der Waals surface area (Å²) < 4.78 is 0. The Bertz CT molecular complexity index is 199. The number of nitrogens with zero attached hydrogens (tertiary/aromatic N) is 2. The van der Waals surface area contributed by atoms with E-state index in [0.717, 1.165) is 18.0 Å². The molecule has 0 spiro atoms. The minimum Gasteiger partial charge on any atom is -0.315 e. The second kappa shape index (κ2) is 4.81. The molecule has 2 atom stereocenters. The molecule has 0 aromatic rings. The van der Waals surface area contributed by atoms with Crippen molar-refractivity contribution < 1.29 is 0 Å². The predicted molar refractivity (Wildman–Crippen MR) is 64.1 cm³/mol. The van der Waals surface area contributed by atoms with Gasteiger partial charge in [0.25, 0.3) is 0 Å². The van der Waals surface area contributed by atoms with Gasteiger partial charge in [0, 0.05) is 38.3 Å². The Labute approximate surface area is 93.8 Å². The standard InChI is InChI=1S/C12H25N3/c1-10(2)12-9-15(7-6-14(12)3)11-4-5-13-8-11/h10-13H,4-9H2,1-3H3. The number of piperazine rings is 1. The zero-order chi connectivity index (χ0) is 10.8. The van der Waals surface area contributed by atoms with Gasteiger partial charge in [-0.25, -0.2) is 0 Å². The Hall–Kier alpha value is -0.120. The van der Waals surface area contributed by atoms with E-state index in [-0.39, 0.29) is 0 Å². The molecule has 0 aromatic carbocycles. The normalized spacial score (nSPS) is 35.2. The lowest BCUT2D eigenvalue weighted by Gasteiger charge is -2.43. The van der Waals surface area contributed by atoms with Crippen molar-refractivity contribution in [3.63, 3.8) is 0 Å². The molecule has 2 fully saturated rings. The second-order valence-corrected chi connectivity index (χ2v) is 5.43. The van der Waals surface area contributed by atoms with Crippen LogP contribution in [0.5, 0.6) is 0 Å². The summed E-state index contributed by atoms with van der Waals surface area (Å²) in [5, 5.41) is 3.47. The van der Waals surface area contributed by atoms with Gasteiger partial charge in [-0.1, -0.05) is 13.8 Å². The first-order chi connectivity index (χ1) is 7.18. The second-order valence-electron chi connectivity index (χ2n) is 5.43. The monoisotopic (exact) mass is 211 g/mol. The number of rotatable bonds is 2. The molecule has 2 rings (SSSR count). The average molecular weight is 211 g/mol. The molecule has 15 heavy (non-hydrogen) atoms. The van der Waals surface area contributed by atoms with E-state index in [2.05, 4.69) is 36.0 Å². The van der Waals surface area contributed by atoms with E-state index in [1.54, 1.807) is 0 Å². The van der Waals surface area contributed by atoms with Gasteiger partial charge in [-0.15, -0.1) is 0 Å². The van der Waals surface area contributed by atoms with Crippen molar-refractivity contribution in [2.75, 3.05) is 39.8 Å². The Morgan fingerprint density at radius 3 is 2.67 bits per heavy atom. The Kier molecular flexibility index (Phi) is 3.65. The number of hydrogen-bond acceptors (Lipinski definition) is 3. The molecule has 88 valence electrons. The van der Waals surface area contributed by atoms with Crippen LogP contribution < -0.4 is 5.32 Å². The van der Waals surface area contributed by atoms with Gasteiger partial charge in [-0.05, 0) is 25.9 Å². The molecule has 2 aliphatic rings. The molecule has 0 amide bonds. The van der Waals surface area contributed by atoms with Crippen molar-refractivity contribution in [3.05, 3.63) is 0 Å². The first-order valence-electron chi connectivity index (χ1n) is 6.33. The Morgan fingerprint density at radius 1 is 1.27 bits per heavy atom. The summed E-state index contributed by atoms with van der Waals surface area (Å²) in [6.45, 7) is 10.9. The van der Waals surface area contributed by atoms with Gasteiger partial charge < -0.3 is 10.2 Å². The molecule has 0 aliphatic carbocycles. The smallest absolute Gasteiger partial charge is 0.0243 e. The highest BCUT2D eigenvalue weighted by atomic mass is 15.3. The molecule has 0 bridgehead atoms. The Balaban J connectivity index is 1.92. The highest BCUT2D eigenvalue weighted by molar-refractivity contribution is 4.88. The molecular formula is C12H25N3. The van der Waals surface area contributed by atoms with E-state index in [9.17, 15) is 0 Å². The summed E-state index contributed by atoms with van der Waals surface area (Å²) >= 11 is 0. The van der Waals surface area contributed by atoms with Crippen LogP contribution in [-0.2, 0) is 0 Å². The van der Waals surface area contributed by atoms with Gasteiger partial charge >= 0.3 is 0 Å². The van der Waals surface area contributed by atoms with Crippen molar-refractivity contribution in [2.24, 2.45) is 5.92 Å². The fraction of sp³-hybridized carbons (Fsp3) is 1.00. The topological polar surface area (TPSA) is 18.5 Å². The summed E-state index contributed by atoms with van der Waals surface area (Å²) in [6, 6.07) is 1.55. The molecule has 0 radical (unpaired) electrons. The van der Waals surface area contributed by atoms with Crippen molar-refractivity contribution in [3.8, 4) is 0 Å². The van der Waals surface area contributed by atoms with Gasteiger partial charge in [0.15, 0.2) is 0 Å². The van der Waals surface area contributed by atoms with Crippen LogP contribution in [0.25, 0.3) is 0 Å². The number of hydrogen-bond donors (Lipinski definition) is 1. The summed E-state index contributed by atoms with van der Waals surface area (Å²) in [7, 11) is 2.27. The molecule has 2 heterocycles. The van der Waals surface area contributed by atoms with Crippen molar-refractivity contribution in [2.45, 2.75) is 32.4 Å². The minimum absolute atomic E-state index is 0.749. The number of nitrogens with one attached hydrogen (secondary N) is 1. The minimum atomic E-state index is 0.749. The van der Waals surface area contributed by atoms with E-state index in [0.29, 0.717) is 0 Å². The summed E-state index contributed by atoms with van der Waals surface area (Å²) in [4.78, 5) is 5.23. The quantitative estimate of drug-likeness (QED) is 0.722.